The van der Waals surface area contributed by atoms with Gasteiger partial charge < -0.3 is 0 Å². The Morgan fingerprint density at radius 1 is 0.679 bits per heavy atom. The van der Waals surface area contributed by atoms with E-state index in [4.69, 9.17) is 23.2 Å². The second-order valence-corrected chi connectivity index (χ2v) is 8.00. The topological polar surface area (TPSA) is 37.4 Å². The zero-order chi connectivity index (χ0) is 19.7. The van der Waals surface area contributed by atoms with Crippen LogP contribution < -0.4 is 4.90 Å². The number of thioether (sulfide) groups is 1. The summed E-state index contributed by atoms with van der Waals surface area (Å²) in [6.07, 6.45) is 0. The molecule has 0 N–H and O–H groups in total. The second-order valence-electron chi connectivity index (χ2n) is 6.05. The molecule has 1 heterocycles. The summed E-state index contributed by atoms with van der Waals surface area (Å²) in [5.74, 6) is -0.698. The number of halogens is 2. The maximum absolute atomic E-state index is 13.2. The Morgan fingerprint density at radius 2 is 1.25 bits per heavy atom. The highest BCUT2D eigenvalue weighted by atomic mass is 35.5. The van der Waals surface area contributed by atoms with Gasteiger partial charge in [-0.25, -0.2) is 4.90 Å². The number of hydrogen-bond donors (Lipinski definition) is 0. The van der Waals surface area contributed by atoms with Crippen LogP contribution in [0.1, 0.15) is 5.56 Å². The van der Waals surface area contributed by atoms with Crippen molar-refractivity contribution in [2.75, 3.05) is 4.90 Å². The molecule has 3 aromatic carbocycles. The lowest BCUT2D eigenvalue weighted by Gasteiger charge is -2.15. The first-order valence-electron chi connectivity index (χ1n) is 8.42. The zero-order valence-corrected chi connectivity index (χ0v) is 16.8. The third-order valence-corrected chi connectivity index (χ3v) is 5.82. The first kappa shape index (κ1) is 18.8. The van der Waals surface area contributed by atoms with Gasteiger partial charge in [0.05, 0.1) is 16.2 Å². The molecule has 3 nitrogen and oxygen atoms in total. The molecule has 0 aliphatic carbocycles. The molecule has 1 aliphatic rings. The van der Waals surface area contributed by atoms with Gasteiger partial charge in [-0.05, 0) is 54.1 Å². The highest BCUT2D eigenvalue weighted by molar-refractivity contribution is 8.04. The lowest BCUT2D eigenvalue weighted by Crippen LogP contribution is -2.31. The fourth-order valence-electron chi connectivity index (χ4n) is 2.91. The maximum atomic E-state index is 13.2. The molecule has 138 valence electrons. The van der Waals surface area contributed by atoms with Crippen LogP contribution in [-0.4, -0.2) is 11.8 Å². The highest BCUT2D eigenvalue weighted by Gasteiger charge is 2.40. The summed E-state index contributed by atoms with van der Waals surface area (Å²) in [4.78, 5) is 28.9. The largest absolute Gasteiger partial charge is 0.272 e. The Bertz CT molecular complexity index is 1080. The summed E-state index contributed by atoms with van der Waals surface area (Å²) in [6, 6.07) is 23.0. The quantitative estimate of drug-likeness (QED) is 0.475. The number of carbonyl (C=O) groups excluding carboxylic acids is 2. The Kier molecular flexibility index (Phi) is 5.27. The van der Waals surface area contributed by atoms with Crippen LogP contribution in [0.25, 0.3) is 5.57 Å². The van der Waals surface area contributed by atoms with Crippen LogP contribution >= 0.6 is 35.0 Å². The van der Waals surface area contributed by atoms with E-state index < -0.39 is 0 Å². The number of rotatable bonds is 4. The molecule has 0 fully saturated rings. The molecule has 0 radical (unpaired) electrons. The van der Waals surface area contributed by atoms with E-state index in [9.17, 15) is 9.59 Å². The molecule has 0 aromatic heterocycles. The van der Waals surface area contributed by atoms with Crippen molar-refractivity contribution in [3.63, 3.8) is 0 Å². The van der Waals surface area contributed by atoms with Crippen LogP contribution in [0.2, 0.25) is 10.0 Å². The van der Waals surface area contributed by atoms with Crippen LogP contribution in [0.3, 0.4) is 0 Å². The van der Waals surface area contributed by atoms with Gasteiger partial charge in [0.25, 0.3) is 11.8 Å². The van der Waals surface area contributed by atoms with Crippen LogP contribution in [0.15, 0.2) is 88.7 Å². The summed E-state index contributed by atoms with van der Waals surface area (Å²) >= 11 is 13.2. The Balaban J connectivity index is 1.81. The summed E-state index contributed by atoms with van der Waals surface area (Å²) in [5.41, 5.74) is 1.55. The summed E-state index contributed by atoms with van der Waals surface area (Å²) in [6.45, 7) is 0. The SMILES string of the molecule is O=C1C(Sc2ccc(Cl)cc2)=C(c2ccc(Cl)cc2)C(=O)N1c1ccccc1. The van der Waals surface area contributed by atoms with E-state index in [2.05, 4.69) is 0 Å². The van der Waals surface area contributed by atoms with E-state index in [1.54, 1.807) is 60.7 Å². The van der Waals surface area contributed by atoms with Crippen LogP contribution in [-0.2, 0) is 9.59 Å². The average Bonchev–Trinajstić information content (AvgIpc) is 2.95. The molecule has 1 aliphatic heterocycles. The fourth-order valence-corrected chi connectivity index (χ4v) is 4.15. The number of imide groups is 1. The molecule has 28 heavy (non-hydrogen) atoms. The summed E-state index contributed by atoms with van der Waals surface area (Å²) in [5, 5.41) is 1.17. The van der Waals surface area contributed by atoms with E-state index in [1.165, 1.54) is 16.7 Å². The van der Waals surface area contributed by atoms with Gasteiger partial charge in [-0.1, -0.05) is 65.3 Å². The van der Waals surface area contributed by atoms with Crippen molar-refractivity contribution in [2.24, 2.45) is 0 Å². The molecule has 0 saturated carbocycles. The number of anilines is 1. The van der Waals surface area contributed by atoms with Crippen LogP contribution in [0.4, 0.5) is 5.69 Å². The number of amides is 2. The lowest BCUT2D eigenvalue weighted by atomic mass is 10.1. The number of para-hydroxylation sites is 1. The van der Waals surface area contributed by atoms with E-state index in [1.807, 2.05) is 18.2 Å². The molecule has 3 aromatic rings. The molecular weight excluding hydrogens is 413 g/mol. The maximum Gasteiger partial charge on any atom is 0.272 e. The second kappa shape index (κ2) is 7.84. The Labute approximate surface area is 176 Å². The van der Waals surface area contributed by atoms with Crippen molar-refractivity contribution < 1.29 is 9.59 Å². The average molecular weight is 426 g/mol. The van der Waals surface area contributed by atoms with Gasteiger partial charge >= 0.3 is 0 Å². The number of carbonyl (C=O) groups is 2. The third kappa shape index (κ3) is 3.59. The molecule has 6 heteroatoms. The van der Waals surface area contributed by atoms with Gasteiger partial charge in [-0.2, -0.15) is 0 Å². The first-order valence-corrected chi connectivity index (χ1v) is 9.99. The number of benzene rings is 3. The minimum atomic E-state index is -0.352. The molecule has 4 rings (SSSR count). The third-order valence-electron chi connectivity index (χ3n) is 4.22. The van der Waals surface area contributed by atoms with Gasteiger partial charge in [0, 0.05) is 14.9 Å². The van der Waals surface area contributed by atoms with Gasteiger partial charge in [-0.3, -0.25) is 9.59 Å². The molecule has 0 bridgehead atoms. The van der Waals surface area contributed by atoms with E-state index in [-0.39, 0.29) is 11.8 Å². The molecular formula is C22H13Cl2NO2S. The van der Waals surface area contributed by atoms with Crippen molar-refractivity contribution in [3.05, 3.63) is 99.4 Å². The normalized spacial score (nSPS) is 14.1. The van der Waals surface area contributed by atoms with E-state index in [0.29, 0.717) is 31.8 Å². The van der Waals surface area contributed by atoms with Crippen molar-refractivity contribution in [1.29, 1.82) is 0 Å². The van der Waals surface area contributed by atoms with E-state index in [0.717, 1.165) is 4.90 Å². The number of hydrogen-bond acceptors (Lipinski definition) is 3. The lowest BCUT2D eigenvalue weighted by molar-refractivity contribution is -0.119. The summed E-state index contributed by atoms with van der Waals surface area (Å²) < 4.78 is 0. The molecule has 0 unspecified atom stereocenters. The predicted molar refractivity (Wildman–Crippen MR) is 115 cm³/mol. The van der Waals surface area contributed by atoms with Crippen molar-refractivity contribution >= 4 is 58.0 Å². The van der Waals surface area contributed by atoms with Crippen molar-refractivity contribution in [1.82, 2.24) is 0 Å². The Hall–Kier alpha value is -2.53. The Morgan fingerprint density at radius 3 is 1.86 bits per heavy atom. The van der Waals surface area contributed by atoms with Crippen LogP contribution in [0.5, 0.6) is 0 Å². The monoisotopic (exact) mass is 425 g/mol. The van der Waals surface area contributed by atoms with E-state index >= 15 is 0 Å². The smallest absolute Gasteiger partial charge is 0.268 e. The van der Waals surface area contributed by atoms with Crippen molar-refractivity contribution in [2.45, 2.75) is 4.90 Å². The predicted octanol–water partition coefficient (Wildman–Crippen LogP) is 6.07. The van der Waals surface area contributed by atoms with Crippen molar-refractivity contribution in [3.8, 4) is 0 Å². The minimum Gasteiger partial charge on any atom is -0.268 e. The molecule has 2 amide bonds. The number of nitrogens with zero attached hydrogens (tertiary/aromatic N) is 1. The van der Waals surface area contributed by atoms with Gasteiger partial charge in [0.1, 0.15) is 0 Å². The minimum absolute atomic E-state index is 0.346. The van der Waals surface area contributed by atoms with Gasteiger partial charge in [-0.15, -0.1) is 0 Å². The standard InChI is InChI=1S/C22H13Cl2NO2S/c23-15-8-6-14(7-9-15)19-20(28-18-12-10-16(24)11-13-18)22(27)25(21(19)26)17-4-2-1-3-5-17/h1-13H. The molecule has 0 spiro atoms. The van der Waals surface area contributed by atoms with Gasteiger partial charge in [0.15, 0.2) is 0 Å². The highest BCUT2D eigenvalue weighted by Crippen LogP contribution is 2.41. The summed E-state index contributed by atoms with van der Waals surface area (Å²) in [7, 11) is 0. The van der Waals surface area contributed by atoms with Gasteiger partial charge in [0.2, 0.25) is 0 Å². The fraction of sp³-hybridized carbons (Fsp3) is 0. The van der Waals surface area contributed by atoms with Crippen LogP contribution in [0, 0.1) is 0 Å². The molecule has 0 atom stereocenters. The first-order chi connectivity index (χ1) is 13.5. The zero-order valence-electron chi connectivity index (χ0n) is 14.4. The molecule has 0 saturated heterocycles.